The molecule has 14 heavy (non-hydrogen) atoms. The minimum Gasteiger partial charge on any atom is -0.507 e. The van der Waals surface area contributed by atoms with Gasteiger partial charge in [-0.3, -0.25) is 4.79 Å². The van der Waals surface area contributed by atoms with E-state index in [0.29, 0.717) is 21.7 Å². The fourth-order valence-corrected chi connectivity index (χ4v) is 2.01. The molecular formula is C11H9ClO2. The Morgan fingerprint density at radius 2 is 1.79 bits per heavy atom. The molecule has 0 aromatic heterocycles. The van der Waals surface area contributed by atoms with Crippen LogP contribution < -0.4 is 0 Å². The van der Waals surface area contributed by atoms with Gasteiger partial charge in [-0.05, 0) is 31.6 Å². The number of Topliss-reactive ketones (excluding diaryl/α,β-unsaturated/α-hetero) is 1. The SMILES string of the molecule is CC1=C(C)c2c(Cl)ccc(O)c2C1=O. The summed E-state index contributed by atoms with van der Waals surface area (Å²) < 4.78 is 0. The third-order valence-corrected chi connectivity index (χ3v) is 2.95. The van der Waals surface area contributed by atoms with Gasteiger partial charge in [-0.2, -0.15) is 0 Å². The number of benzene rings is 1. The summed E-state index contributed by atoms with van der Waals surface area (Å²) in [6, 6.07) is 3.05. The smallest absolute Gasteiger partial charge is 0.193 e. The number of carbonyl (C=O) groups is 1. The van der Waals surface area contributed by atoms with E-state index < -0.39 is 0 Å². The van der Waals surface area contributed by atoms with Crippen LogP contribution in [0, 0.1) is 0 Å². The molecule has 0 saturated heterocycles. The van der Waals surface area contributed by atoms with Gasteiger partial charge in [-0.1, -0.05) is 11.6 Å². The number of halogens is 1. The summed E-state index contributed by atoms with van der Waals surface area (Å²) in [5.74, 6) is -0.122. The second kappa shape index (κ2) is 2.85. The molecule has 0 atom stereocenters. The molecule has 0 aliphatic heterocycles. The van der Waals surface area contributed by atoms with E-state index in [1.165, 1.54) is 6.07 Å². The van der Waals surface area contributed by atoms with Crippen molar-refractivity contribution in [3.05, 3.63) is 33.9 Å². The van der Waals surface area contributed by atoms with Crippen LogP contribution in [0.2, 0.25) is 5.02 Å². The van der Waals surface area contributed by atoms with Crippen molar-refractivity contribution in [2.75, 3.05) is 0 Å². The first-order valence-corrected chi connectivity index (χ1v) is 4.66. The minimum absolute atomic E-state index is 0.00519. The van der Waals surface area contributed by atoms with Gasteiger partial charge >= 0.3 is 0 Å². The molecule has 0 bridgehead atoms. The molecule has 0 spiro atoms. The first kappa shape index (κ1) is 9.28. The molecule has 0 heterocycles. The Bertz CT molecular complexity index is 472. The zero-order valence-electron chi connectivity index (χ0n) is 7.89. The zero-order valence-corrected chi connectivity index (χ0v) is 8.64. The number of hydrogen-bond acceptors (Lipinski definition) is 2. The number of phenolic OH excluding ortho intramolecular Hbond substituents is 1. The van der Waals surface area contributed by atoms with Crippen molar-refractivity contribution in [2.24, 2.45) is 0 Å². The average Bonchev–Trinajstić information content (AvgIpc) is 2.38. The van der Waals surface area contributed by atoms with E-state index in [-0.39, 0.29) is 11.5 Å². The van der Waals surface area contributed by atoms with Gasteiger partial charge in [0.2, 0.25) is 0 Å². The number of ketones is 1. The van der Waals surface area contributed by atoms with Crippen molar-refractivity contribution >= 4 is 23.0 Å². The summed E-state index contributed by atoms with van der Waals surface area (Å²) in [6.45, 7) is 3.58. The van der Waals surface area contributed by atoms with Gasteiger partial charge in [0, 0.05) is 16.2 Å². The highest BCUT2D eigenvalue weighted by Gasteiger charge is 2.29. The first-order chi connectivity index (χ1) is 6.54. The maximum absolute atomic E-state index is 11.7. The summed E-state index contributed by atoms with van der Waals surface area (Å²) in [7, 11) is 0. The van der Waals surface area contributed by atoms with E-state index in [2.05, 4.69) is 0 Å². The molecular weight excluding hydrogens is 200 g/mol. The van der Waals surface area contributed by atoms with Gasteiger partial charge in [0.05, 0.1) is 5.56 Å². The number of aromatic hydroxyl groups is 1. The van der Waals surface area contributed by atoms with Crippen LogP contribution in [0.5, 0.6) is 5.75 Å². The molecule has 72 valence electrons. The van der Waals surface area contributed by atoms with Crippen LogP contribution in [-0.2, 0) is 0 Å². The Kier molecular flexibility index (Phi) is 1.89. The maximum atomic E-state index is 11.7. The van der Waals surface area contributed by atoms with Gasteiger partial charge < -0.3 is 5.11 Å². The predicted molar refractivity (Wildman–Crippen MR) is 55.7 cm³/mol. The predicted octanol–water partition coefficient (Wildman–Crippen LogP) is 3.04. The van der Waals surface area contributed by atoms with E-state index in [4.69, 9.17) is 11.6 Å². The first-order valence-electron chi connectivity index (χ1n) is 4.28. The van der Waals surface area contributed by atoms with Gasteiger partial charge in [0.25, 0.3) is 0 Å². The van der Waals surface area contributed by atoms with Crippen LogP contribution in [0.25, 0.3) is 5.57 Å². The van der Waals surface area contributed by atoms with E-state index in [1.54, 1.807) is 13.0 Å². The van der Waals surface area contributed by atoms with Crippen LogP contribution >= 0.6 is 11.6 Å². The normalized spacial score (nSPS) is 14.9. The highest BCUT2D eigenvalue weighted by molar-refractivity contribution is 6.35. The monoisotopic (exact) mass is 208 g/mol. The highest BCUT2D eigenvalue weighted by atomic mass is 35.5. The molecule has 0 amide bonds. The Morgan fingerprint density at radius 1 is 1.14 bits per heavy atom. The second-order valence-electron chi connectivity index (χ2n) is 3.40. The highest BCUT2D eigenvalue weighted by Crippen LogP contribution is 2.41. The average molecular weight is 209 g/mol. The minimum atomic E-state index is -0.127. The van der Waals surface area contributed by atoms with Gasteiger partial charge in [-0.25, -0.2) is 0 Å². The largest absolute Gasteiger partial charge is 0.507 e. The van der Waals surface area contributed by atoms with E-state index in [9.17, 15) is 9.90 Å². The Labute approximate surface area is 86.8 Å². The van der Waals surface area contributed by atoms with Gasteiger partial charge in [-0.15, -0.1) is 0 Å². The summed E-state index contributed by atoms with van der Waals surface area (Å²) in [6.07, 6.45) is 0. The van der Waals surface area contributed by atoms with Crippen molar-refractivity contribution in [1.29, 1.82) is 0 Å². The number of rotatable bonds is 0. The van der Waals surface area contributed by atoms with Crippen molar-refractivity contribution in [2.45, 2.75) is 13.8 Å². The summed E-state index contributed by atoms with van der Waals surface area (Å²) in [5, 5.41) is 10.1. The molecule has 1 aromatic carbocycles. The van der Waals surface area contributed by atoms with Crippen molar-refractivity contribution < 1.29 is 9.90 Å². The van der Waals surface area contributed by atoms with Crippen molar-refractivity contribution in [1.82, 2.24) is 0 Å². The Morgan fingerprint density at radius 3 is 2.36 bits per heavy atom. The van der Waals surface area contributed by atoms with Crippen LogP contribution in [0.15, 0.2) is 17.7 Å². The summed E-state index contributed by atoms with van der Waals surface area (Å²) in [4.78, 5) is 11.7. The van der Waals surface area contributed by atoms with Crippen molar-refractivity contribution in [3.8, 4) is 5.75 Å². The molecule has 3 heteroatoms. The molecule has 0 saturated carbocycles. The topological polar surface area (TPSA) is 37.3 Å². The zero-order chi connectivity index (χ0) is 10.5. The molecule has 2 nitrogen and oxygen atoms in total. The van der Waals surface area contributed by atoms with Gasteiger partial charge in [0.15, 0.2) is 5.78 Å². The lowest BCUT2D eigenvalue weighted by Gasteiger charge is -2.04. The lowest BCUT2D eigenvalue weighted by Crippen LogP contribution is -1.96. The van der Waals surface area contributed by atoms with E-state index in [1.807, 2.05) is 6.92 Å². The van der Waals surface area contributed by atoms with Crippen LogP contribution in [0.1, 0.15) is 29.8 Å². The van der Waals surface area contributed by atoms with Crippen LogP contribution in [0.4, 0.5) is 0 Å². The molecule has 1 N–H and O–H groups in total. The summed E-state index contributed by atoms with van der Waals surface area (Å²) in [5.41, 5.74) is 2.52. The number of carbonyl (C=O) groups excluding carboxylic acids is 1. The Hall–Kier alpha value is -1.28. The Balaban J connectivity index is 2.85. The quantitative estimate of drug-likeness (QED) is 0.712. The molecule has 1 aliphatic rings. The second-order valence-corrected chi connectivity index (χ2v) is 3.80. The number of phenols is 1. The molecule has 0 radical (unpaired) electrons. The molecule has 0 unspecified atom stereocenters. The number of fused-ring (bicyclic) bond motifs is 1. The molecule has 0 fully saturated rings. The lowest BCUT2D eigenvalue weighted by atomic mass is 10.1. The molecule has 2 rings (SSSR count). The van der Waals surface area contributed by atoms with E-state index in [0.717, 1.165) is 5.57 Å². The third-order valence-electron chi connectivity index (χ3n) is 2.64. The fourth-order valence-electron chi connectivity index (χ4n) is 1.71. The fraction of sp³-hybridized carbons (Fsp3) is 0.182. The number of hydrogen-bond donors (Lipinski definition) is 1. The van der Waals surface area contributed by atoms with Gasteiger partial charge in [0.1, 0.15) is 5.75 Å². The van der Waals surface area contributed by atoms with Crippen LogP contribution in [-0.4, -0.2) is 10.9 Å². The van der Waals surface area contributed by atoms with E-state index >= 15 is 0 Å². The third kappa shape index (κ3) is 1.01. The van der Waals surface area contributed by atoms with Crippen molar-refractivity contribution in [3.63, 3.8) is 0 Å². The maximum Gasteiger partial charge on any atom is 0.193 e. The number of allylic oxidation sites excluding steroid dienone is 2. The van der Waals surface area contributed by atoms with Crippen LogP contribution in [0.3, 0.4) is 0 Å². The molecule has 1 aromatic rings. The standard InChI is InChI=1S/C11H9ClO2/c1-5-6(2)11(14)10-8(13)4-3-7(12)9(5)10/h3-4,13H,1-2H3. The molecule has 1 aliphatic carbocycles. The lowest BCUT2D eigenvalue weighted by molar-refractivity contribution is 0.103. The summed E-state index contributed by atoms with van der Waals surface area (Å²) >= 11 is 5.97.